The van der Waals surface area contributed by atoms with E-state index in [9.17, 15) is 31.1 Å². The maximum atomic E-state index is 13.0. The summed E-state index contributed by atoms with van der Waals surface area (Å²) in [7, 11) is 0.766. The van der Waals surface area contributed by atoms with E-state index >= 15 is 0 Å². The number of aromatic nitrogens is 1. The van der Waals surface area contributed by atoms with E-state index in [1.165, 1.54) is 0 Å². The monoisotopic (exact) mass is 337 g/mol. The molecule has 0 aliphatic carbocycles. The molecule has 0 bridgehead atoms. The molecular formula is C10H6ClF6NO3. The third kappa shape index (κ3) is 4.13. The molecule has 0 radical (unpaired) electrons. The van der Waals surface area contributed by atoms with Crippen LogP contribution in [0, 0.1) is 0 Å². The SMILES string of the molecule is COC(=O)c1cnc(CCl)c(OC(F)(F)F)c1C(F)(F)F. The van der Waals surface area contributed by atoms with Gasteiger partial charge in [-0.2, -0.15) is 13.2 Å². The van der Waals surface area contributed by atoms with E-state index in [1.54, 1.807) is 0 Å². The lowest BCUT2D eigenvalue weighted by Gasteiger charge is -2.19. The second-order valence-electron chi connectivity index (χ2n) is 3.49. The van der Waals surface area contributed by atoms with Gasteiger partial charge in [0.2, 0.25) is 0 Å². The summed E-state index contributed by atoms with van der Waals surface area (Å²) in [6.07, 6.45) is -10.3. The third-order valence-corrected chi connectivity index (χ3v) is 2.39. The number of pyridine rings is 1. The van der Waals surface area contributed by atoms with E-state index in [-0.39, 0.29) is 0 Å². The van der Waals surface area contributed by atoms with Gasteiger partial charge in [-0.25, -0.2) is 4.79 Å². The Morgan fingerprint density at radius 3 is 2.24 bits per heavy atom. The van der Waals surface area contributed by atoms with Crippen LogP contribution in [-0.2, 0) is 16.8 Å². The lowest BCUT2D eigenvalue weighted by Crippen LogP contribution is -2.24. The summed E-state index contributed by atoms with van der Waals surface area (Å²) in [4.78, 5) is 14.5. The molecular weight excluding hydrogens is 332 g/mol. The summed E-state index contributed by atoms with van der Waals surface area (Å²) in [6.45, 7) is 0. The van der Waals surface area contributed by atoms with Crippen molar-refractivity contribution in [3.05, 3.63) is 23.0 Å². The van der Waals surface area contributed by atoms with Crippen LogP contribution in [0.2, 0.25) is 0 Å². The third-order valence-electron chi connectivity index (χ3n) is 2.14. The smallest absolute Gasteiger partial charge is 0.465 e. The lowest BCUT2D eigenvalue weighted by atomic mass is 10.1. The Bertz CT molecular complexity index is 543. The number of methoxy groups -OCH3 is 1. The number of esters is 1. The molecule has 118 valence electrons. The second kappa shape index (κ2) is 5.96. The van der Waals surface area contributed by atoms with Gasteiger partial charge in [-0.1, -0.05) is 0 Å². The highest BCUT2D eigenvalue weighted by atomic mass is 35.5. The summed E-state index contributed by atoms with van der Waals surface area (Å²) in [5.41, 5.74) is -3.97. The van der Waals surface area contributed by atoms with E-state index in [1.807, 2.05) is 0 Å². The highest BCUT2D eigenvalue weighted by Crippen LogP contribution is 2.42. The highest BCUT2D eigenvalue weighted by Gasteiger charge is 2.44. The van der Waals surface area contributed by atoms with Crippen molar-refractivity contribution in [2.24, 2.45) is 0 Å². The number of hydrogen-bond acceptors (Lipinski definition) is 4. The molecule has 21 heavy (non-hydrogen) atoms. The van der Waals surface area contributed by atoms with Crippen molar-refractivity contribution in [3.63, 3.8) is 0 Å². The zero-order valence-corrected chi connectivity index (χ0v) is 10.9. The number of hydrogen-bond donors (Lipinski definition) is 0. The van der Waals surface area contributed by atoms with Crippen LogP contribution >= 0.6 is 11.6 Å². The Morgan fingerprint density at radius 1 is 1.29 bits per heavy atom. The first kappa shape index (κ1) is 17.3. The normalized spacial score (nSPS) is 12.2. The fourth-order valence-corrected chi connectivity index (χ4v) is 1.59. The van der Waals surface area contributed by atoms with E-state index in [2.05, 4.69) is 14.5 Å². The Morgan fingerprint density at radius 2 is 1.86 bits per heavy atom. The molecule has 1 aromatic heterocycles. The summed E-state index contributed by atoms with van der Waals surface area (Å²) >= 11 is 5.26. The van der Waals surface area contributed by atoms with Crippen LogP contribution in [0.4, 0.5) is 26.3 Å². The molecule has 0 aromatic carbocycles. The van der Waals surface area contributed by atoms with Crippen LogP contribution in [0.3, 0.4) is 0 Å². The largest absolute Gasteiger partial charge is 0.573 e. The number of nitrogens with zero attached hydrogens (tertiary/aromatic N) is 1. The zero-order chi connectivity index (χ0) is 16.4. The number of halogens is 7. The Labute approximate surface area is 118 Å². The topological polar surface area (TPSA) is 48.4 Å². The van der Waals surface area contributed by atoms with Gasteiger partial charge in [0.25, 0.3) is 0 Å². The van der Waals surface area contributed by atoms with Crippen molar-refractivity contribution < 1.29 is 40.6 Å². The van der Waals surface area contributed by atoms with Gasteiger partial charge in [0.1, 0.15) is 5.56 Å². The van der Waals surface area contributed by atoms with Crippen LogP contribution in [0.25, 0.3) is 0 Å². The van der Waals surface area contributed by atoms with Crippen molar-refractivity contribution in [2.75, 3.05) is 7.11 Å². The molecule has 0 unspecified atom stereocenters. The molecule has 1 rings (SSSR count). The quantitative estimate of drug-likeness (QED) is 0.481. The molecule has 0 atom stereocenters. The molecule has 0 saturated carbocycles. The predicted molar refractivity (Wildman–Crippen MR) is 56.8 cm³/mol. The van der Waals surface area contributed by atoms with Crippen LogP contribution < -0.4 is 4.74 Å². The van der Waals surface area contributed by atoms with E-state index in [0.29, 0.717) is 6.20 Å². The number of carbonyl (C=O) groups excluding carboxylic acids is 1. The average Bonchev–Trinajstić information content (AvgIpc) is 2.33. The summed E-state index contributed by atoms with van der Waals surface area (Å²) in [6, 6.07) is 0. The zero-order valence-electron chi connectivity index (χ0n) is 10.1. The van der Waals surface area contributed by atoms with Gasteiger partial charge < -0.3 is 9.47 Å². The minimum atomic E-state index is -5.42. The fourth-order valence-electron chi connectivity index (χ4n) is 1.40. The van der Waals surface area contributed by atoms with Crippen molar-refractivity contribution in [3.8, 4) is 5.75 Å². The van der Waals surface area contributed by atoms with Crippen LogP contribution in [-0.4, -0.2) is 24.4 Å². The van der Waals surface area contributed by atoms with Crippen molar-refractivity contribution in [1.82, 2.24) is 4.98 Å². The molecule has 0 fully saturated rings. The average molecular weight is 338 g/mol. The number of carbonyl (C=O) groups is 1. The molecule has 11 heteroatoms. The minimum absolute atomic E-state index is 0.426. The van der Waals surface area contributed by atoms with Gasteiger partial charge in [0, 0.05) is 6.20 Å². The van der Waals surface area contributed by atoms with E-state index in [4.69, 9.17) is 11.6 Å². The first-order valence-corrected chi connectivity index (χ1v) is 5.53. The lowest BCUT2D eigenvalue weighted by molar-refractivity contribution is -0.276. The van der Waals surface area contributed by atoms with Gasteiger partial charge in [-0.05, 0) is 0 Å². The minimum Gasteiger partial charge on any atom is -0.465 e. The van der Waals surface area contributed by atoms with Crippen LogP contribution in [0.1, 0.15) is 21.6 Å². The first-order valence-electron chi connectivity index (χ1n) is 5.00. The van der Waals surface area contributed by atoms with E-state index in [0.717, 1.165) is 7.11 Å². The molecule has 0 N–H and O–H groups in total. The molecule has 0 amide bonds. The van der Waals surface area contributed by atoms with Crippen LogP contribution in [0.5, 0.6) is 5.75 Å². The van der Waals surface area contributed by atoms with Gasteiger partial charge in [-0.3, -0.25) is 4.98 Å². The number of rotatable bonds is 3. The molecule has 0 aliphatic heterocycles. The number of alkyl halides is 7. The Hall–Kier alpha value is -1.71. The molecule has 1 aromatic rings. The predicted octanol–water partition coefficient (Wildman–Crippen LogP) is 3.52. The van der Waals surface area contributed by atoms with Crippen LogP contribution in [0.15, 0.2) is 6.20 Å². The van der Waals surface area contributed by atoms with Gasteiger partial charge in [0.05, 0.1) is 24.2 Å². The van der Waals surface area contributed by atoms with Crippen molar-refractivity contribution in [2.45, 2.75) is 18.4 Å². The molecule has 0 saturated heterocycles. The Kier molecular flexibility index (Phi) is 4.92. The Balaban J connectivity index is 3.66. The summed E-state index contributed by atoms with van der Waals surface area (Å²) in [5.74, 6) is -3.97. The van der Waals surface area contributed by atoms with Gasteiger partial charge in [0.15, 0.2) is 5.75 Å². The highest BCUT2D eigenvalue weighted by molar-refractivity contribution is 6.17. The maximum absolute atomic E-state index is 13.0. The van der Waals surface area contributed by atoms with Gasteiger partial charge >= 0.3 is 18.5 Å². The maximum Gasteiger partial charge on any atom is 0.573 e. The molecule has 0 aliphatic rings. The first-order chi connectivity index (χ1) is 9.51. The van der Waals surface area contributed by atoms with Crippen molar-refractivity contribution in [1.29, 1.82) is 0 Å². The van der Waals surface area contributed by atoms with Crippen molar-refractivity contribution >= 4 is 17.6 Å². The summed E-state index contributed by atoms with van der Waals surface area (Å²) in [5, 5.41) is 0. The van der Waals surface area contributed by atoms with Gasteiger partial charge in [-0.15, -0.1) is 24.8 Å². The molecule has 0 spiro atoms. The molecule has 4 nitrogen and oxygen atoms in total. The standard InChI is InChI=1S/C10H6ClF6NO3/c1-20-8(19)4-3-18-5(2-11)7(21-10(15,16)17)6(4)9(12,13)14/h3H,2H2,1H3. The number of ether oxygens (including phenoxy) is 2. The van der Waals surface area contributed by atoms with E-state index < -0.39 is 47.0 Å². The second-order valence-corrected chi connectivity index (χ2v) is 3.76. The summed E-state index contributed by atoms with van der Waals surface area (Å²) < 4.78 is 83.1. The fraction of sp³-hybridized carbons (Fsp3) is 0.400. The molecule has 1 heterocycles.